The lowest BCUT2D eigenvalue weighted by Crippen LogP contribution is -2.07. The van der Waals surface area contributed by atoms with Gasteiger partial charge in [0.05, 0.1) is 31.2 Å². The second-order valence-corrected chi connectivity index (χ2v) is 6.88. The molecule has 0 unspecified atom stereocenters. The van der Waals surface area contributed by atoms with E-state index in [1.54, 1.807) is 19.4 Å². The molecule has 0 aliphatic rings. The van der Waals surface area contributed by atoms with Crippen LogP contribution in [0.2, 0.25) is 0 Å². The number of nitrogen functional groups attached to an aromatic ring is 1. The van der Waals surface area contributed by atoms with Gasteiger partial charge >= 0.3 is 0 Å². The van der Waals surface area contributed by atoms with Gasteiger partial charge in [-0.3, -0.25) is 0 Å². The summed E-state index contributed by atoms with van der Waals surface area (Å²) in [7, 11) is 1.58. The molecule has 8 nitrogen and oxygen atoms in total. The molecule has 0 aliphatic carbocycles. The van der Waals surface area contributed by atoms with Crippen LogP contribution in [0.5, 0.6) is 11.6 Å². The summed E-state index contributed by atoms with van der Waals surface area (Å²) in [5.74, 6) is 1.85. The van der Waals surface area contributed by atoms with Gasteiger partial charge in [0.15, 0.2) is 12.2 Å². The first kappa shape index (κ1) is 20.8. The topological polar surface area (TPSA) is 119 Å². The van der Waals surface area contributed by atoms with Gasteiger partial charge in [-0.05, 0) is 17.7 Å². The van der Waals surface area contributed by atoms with Gasteiger partial charge in [0.25, 0.3) is 0 Å². The second kappa shape index (κ2) is 9.53. The highest BCUT2D eigenvalue weighted by molar-refractivity contribution is 5.73. The van der Waals surface area contributed by atoms with Crippen molar-refractivity contribution in [1.82, 2.24) is 9.97 Å². The highest BCUT2D eigenvalue weighted by Gasteiger charge is 2.14. The van der Waals surface area contributed by atoms with Crippen LogP contribution in [0.3, 0.4) is 0 Å². The van der Waals surface area contributed by atoms with Crippen LogP contribution in [0.15, 0.2) is 71.6 Å². The number of methoxy groups -OCH3 is 1. The van der Waals surface area contributed by atoms with Crippen LogP contribution in [0.25, 0.3) is 11.3 Å². The van der Waals surface area contributed by atoms with Crippen molar-refractivity contribution in [3.05, 3.63) is 78.3 Å². The van der Waals surface area contributed by atoms with Crippen LogP contribution >= 0.6 is 0 Å². The highest BCUT2D eigenvalue weighted by Crippen LogP contribution is 2.34. The first-order chi connectivity index (χ1) is 15.7. The van der Waals surface area contributed by atoms with E-state index in [0.29, 0.717) is 30.4 Å². The van der Waals surface area contributed by atoms with Gasteiger partial charge in [0, 0.05) is 24.2 Å². The fourth-order valence-electron chi connectivity index (χ4n) is 3.20. The van der Waals surface area contributed by atoms with E-state index in [9.17, 15) is 5.26 Å². The normalized spacial score (nSPS) is 10.4. The van der Waals surface area contributed by atoms with Gasteiger partial charge in [0.2, 0.25) is 5.88 Å². The molecule has 0 bridgehead atoms. The maximum absolute atomic E-state index is 9.48. The molecular formula is C24H21N5O3. The molecule has 3 N–H and O–H groups in total. The van der Waals surface area contributed by atoms with E-state index >= 15 is 0 Å². The summed E-state index contributed by atoms with van der Waals surface area (Å²) in [5.41, 5.74) is 9.20. The van der Waals surface area contributed by atoms with Gasteiger partial charge in [-0.25, -0.2) is 4.98 Å². The largest absolute Gasteiger partial charge is 0.496 e. The average Bonchev–Trinajstić information content (AvgIpc) is 3.34. The second-order valence-electron chi connectivity index (χ2n) is 6.88. The average molecular weight is 427 g/mol. The molecule has 0 aliphatic heterocycles. The predicted octanol–water partition coefficient (Wildman–Crippen LogP) is 4.56. The molecule has 0 amide bonds. The summed E-state index contributed by atoms with van der Waals surface area (Å²) in [5, 5.41) is 12.7. The molecule has 0 fully saturated rings. The molecule has 0 atom stereocenters. The van der Waals surface area contributed by atoms with Gasteiger partial charge in [-0.15, -0.1) is 0 Å². The van der Waals surface area contributed by atoms with Crippen molar-refractivity contribution in [2.45, 2.75) is 6.42 Å². The Kier molecular flexibility index (Phi) is 6.18. The van der Waals surface area contributed by atoms with Crippen molar-refractivity contribution < 1.29 is 13.9 Å². The Labute approximate surface area is 185 Å². The van der Waals surface area contributed by atoms with Gasteiger partial charge < -0.3 is 24.9 Å². The van der Waals surface area contributed by atoms with Crippen LogP contribution < -0.4 is 20.5 Å². The van der Waals surface area contributed by atoms with Gasteiger partial charge in [0.1, 0.15) is 23.2 Å². The molecule has 2 aromatic heterocycles. The van der Waals surface area contributed by atoms with Crippen LogP contribution in [0.1, 0.15) is 11.1 Å². The van der Waals surface area contributed by atoms with Crippen molar-refractivity contribution in [2.24, 2.45) is 0 Å². The number of benzene rings is 2. The van der Waals surface area contributed by atoms with Crippen LogP contribution in [-0.4, -0.2) is 23.7 Å². The van der Waals surface area contributed by atoms with E-state index in [2.05, 4.69) is 21.4 Å². The smallest absolute Gasteiger partial charge is 0.235 e. The molecule has 0 spiro atoms. The third kappa shape index (κ3) is 4.63. The van der Waals surface area contributed by atoms with Crippen LogP contribution in [-0.2, 0) is 6.42 Å². The molecule has 2 heterocycles. The Hall–Kier alpha value is -4.51. The van der Waals surface area contributed by atoms with E-state index in [1.165, 1.54) is 6.39 Å². The van der Waals surface area contributed by atoms with E-state index in [-0.39, 0.29) is 17.1 Å². The molecule has 0 saturated heterocycles. The Morgan fingerprint density at radius 2 is 2.00 bits per heavy atom. The number of nitriles is 1. The van der Waals surface area contributed by atoms with Crippen molar-refractivity contribution in [3.63, 3.8) is 0 Å². The molecule has 4 aromatic rings. The van der Waals surface area contributed by atoms with E-state index in [0.717, 1.165) is 16.8 Å². The zero-order chi connectivity index (χ0) is 22.3. The molecule has 32 heavy (non-hydrogen) atoms. The number of anilines is 3. The summed E-state index contributed by atoms with van der Waals surface area (Å²) in [4.78, 5) is 8.40. The maximum atomic E-state index is 9.48. The summed E-state index contributed by atoms with van der Waals surface area (Å²) in [6, 6.07) is 19.1. The number of rotatable bonds is 8. The standard InChI is InChI=1S/C24H21N5O3/c1-30-21-11-17(7-8-18(21)22-14-27-15-32-22)28-23-12-20(26)19(13-25)24(29-23)31-10-9-16-5-3-2-4-6-16/h2-8,11-12,14-15H,9-10H2,1H3,(H3,26,28,29). The zero-order valence-electron chi connectivity index (χ0n) is 17.4. The predicted molar refractivity (Wildman–Crippen MR) is 121 cm³/mol. The fraction of sp³-hybridized carbons (Fsp3) is 0.125. The number of hydrogen-bond acceptors (Lipinski definition) is 8. The monoisotopic (exact) mass is 427 g/mol. The Balaban J connectivity index is 1.54. The quantitative estimate of drug-likeness (QED) is 0.420. The number of nitrogens with one attached hydrogen (secondary N) is 1. The third-order valence-corrected chi connectivity index (χ3v) is 4.77. The first-order valence-electron chi connectivity index (χ1n) is 9.89. The zero-order valence-corrected chi connectivity index (χ0v) is 17.4. The van der Waals surface area contributed by atoms with E-state index in [1.807, 2.05) is 48.5 Å². The summed E-state index contributed by atoms with van der Waals surface area (Å²) < 4.78 is 16.7. The van der Waals surface area contributed by atoms with Crippen molar-refractivity contribution >= 4 is 17.2 Å². The van der Waals surface area contributed by atoms with Crippen LogP contribution in [0, 0.1) is 11.3 Å². The Bertz CT molecular complexity index is 1230. The molecule has 4 rings (SSSR count). The van der Waals surface area contributed by atoms with E-state index in [4.69, 9.17) is 19.6 Å². The summed E-state index contributed by atoms with van der Waals surface area (Å²) in [6.07, 6.45) is 3.67. The van der Waals surface area contributed by atoms with Gasteiger partial charge in [-0.2, -0.15) is 10.2 Å². The molecule has 0 saturated carbocycles. The van der Waals surface area contributed by atoms with Crippen molar-refractivity contribution in [2.75, 3.05) is 24.8 Å². The van der Waals surface area contributed by atoms with Crippen molar-refractivity contribution in [1.29, 1.82) is 5.26 Å². The van der Waals surface area contributed by atoms with E-state index < -0.39 is 0 Å². The SMILES string of the molecule is COc1cc(Nc2cc(N)c(C#N)c(OCCc3ccccc3)n2)ccc1-c1cnco1. The third-order valence-electron chi connectivity index (χ3n) is 4.77. The lowest BCUT2D eigenvalue weighted by atomic mass is 10.1. The Morgan fingerprint density at radius 3 is 2.72 bits per heavy atom. The fourth-order valence-corrected chi connectivity index (χ4v) is 3.20. The number of oxazole rings is 1. The minimum atomic E-state index is 0.191. The summed E-state index contributed by atoms with van der Waals surface area (Å²) in [6.45, 7) is 0.369. The molecule has 0 radical (unpaired) electrons. The maximum Gasteiger partial charge on any atom is 0.235 e. The first-order valence-corrected chi connectivity index (χ1v) is 9.89. The van der Waals surface area contributed by atoms with Crippen LogP contribution in [0.4, 0.5) is 17.2 Å². The number of nitrogens with zero attached hydrogens (tertiary/aromatic N) is 3. The molecule has 8 heteroatoms. The summed E-state index contributed by atoms with van der Waals surface area (Å²) >= 11 is 0. The van der Waals surface area contributed by atoms with Crippen molar-refractivity contribution in [3.8, 4) is 29.0 Å². The number of aromatic nitrogens is 2. The minimum Gasteiger partial charge on any atom is -0.496 e. The number of nitrogens with two attached hydrogens (primary N) is 1. The van der Waals surface area contributed by atoms with Gasteiger partial charge in [-0.1, -0.05) is 30.3 Å². The molecule has 2 aromatic carbocycles. The molecular weight excluding hydrogens is 406 g/mol. The lowest BCUT2D eigenvalue weighted by molar-refractivity contribution is 0.309. The number of ether oxygens (including phenoxy) is 2. The molecule has 160 valence electrons. The Morgan fingerprint density at radius 1 is 1.16 bits per heavy atom. The highest BCUT2D eigenvalue weighted by atomic mass is 16.5. The lowest BCUT2D eigenvalue weighted by Gasteiger charge is -2.13. The number of hydrogen-bond donors (Lipinski definition) is 2. The number of pyridine rings is 1. The minimum absolute atomic E-state index is 0.191.